The zero-order valence-electron chi connectivity index (χ0n) is 16.3. The molecule has 1 aromatic heterocycles. The van der Waals surface area contributed by atoms with Crippen molar-refractivity contribution in [1.29, 1.82) is 0 Å². The van der Waals surface area contributed by atoms with Crippen molar-refractivity contribution in [2.45, 2.75) is 13.5 Å². The van der Waals surface area contributed by atoms with Crippen LogP contribution in [0.3, 0.4) is 0 Å². The first kappa shape index (κ1) is 19.2. The maximum Gasteiger partial charge on any atom is 0.273 e. The van der Waals surface area contributed by atoms with Gasteiger partial charge in [0.1, 0.15) is 11.5 Å². The number of nitrogens with one attached hydrogen (secondary N) is 2. The van der Waals surface area contributed by atoms with Gasteiger partial charge in [0.05, 0.1) is 16.5 Å². The number of hydrogen-bond donors (Lipinski definition) is 2. The van der Waals surface area contributed by atoms with E-state index in [1.165, 1.54) is 4.57 Å². The lowest BCUT2D eigenvalue weighted by Crippen LogP contribution is -2.34. The minimum absolute atomic E-state index is 0.173. The van der Waals surface area contributed by atoms with Crippen LogP contribution in [0.15, 0.2) is 83.7 Å². The number of amides is 1. The molecular weight excluding hydrogens is 380 g/mol. The molecule has 1 amide bonds. The number of rotatable bonds is 6. The Balaban J connectivity index is 1.58. The SMILES string of the molecule is CCn1c(NNC(=O)c2ccccc2Oc2ccccc2)nc2ccccc2c1=O. The molecule has 150 valence electrons. The van der Waals surface area contributed by atoms with Crippen molar-refractivity contribution in [2.75, 3.05) is 5.43 Å². The lowest BCUT2D eigenvalue weighted by atomic mass is 10.2. The molecule has 0 radical (unpaired) electrons. The van der Waals surface area contributed by atoms with Gasteiger partial charge in [-0.05, 0) is 43.3 Å². The van der Waals surface area contributed by atoms with Gasteiger partial charge >= 0.3 is 0 Å². The number of ether oxygens (including phenoxy) is 1. The summed E-state index contributed by atoms with van der Waals surface area (Å²) in [4.78, 5) is 30.0. The molecular formula is C23H20N4O3. The van der Waals surface area contributed by atoms with Crippen LogP contribution in [0.1, 0.15) is 17.3 Å². The summed E-state index contributed by atoms with van der Waals surface area (Å²) < 4.78 is 7.31. The molecule has 0 aliphatic rings. The van der Waals surface area contributed by atoms with Crippen LogP contribution in [0, 0.1) is 0 Å². The summed E-state index contributed by atoms with van der Waals surface area (Å²) in [7, 11) is 0. The molecule has 4 rings (SSSR count). The molecule has 0 saturated heterocycles. The van der Waals surface area contributed by atoms with Gasteiger partial charge < -0.3 is 4.74 Å². The van der Waals surface area contributed by atoms with Crippen molar-refractivity contribution in [1.82, 2.24) is 15.0 Å². The number of aromatic nitrogens is 2. The number of benzene rings is 3. The Morgan fingerprint density at radius 3 is 2.47 bits per heavy atom. The van der Waals surface area contributed by atoms with Crippen molar-refractivity contribution < 1.29 is 9.53 Å². The zero-order valence-corrected chi connectivity index (χ0v) is 16.3. The maximum absolute atomic E-state index is 12.8. The molecule has 7 nitrogen and oxygen atoms in total. The second-order valence-electron chi connectivity index (χ2n) is 6.49. The zero-order chi connectivity index (χ0) is 20.9. The number of carbonyl (C=O) groups excluding carboxylic acids is 1. The molecule has 0 aliphatic heterocycles. The normalized spacial score (nSPS) is 10.6. The minimum Gasteiger partial charge on any atom is -0.457 e. The van der Waals surface area contributed by atoms with Crippen LogP contribution in [0.4, 0.5) is 5.95 Å². The number of para-hydroxylation sites is 3. The van der Waals surface area contributed by atoms with Gasteiger partial charge in [-0.1, -0.05) is 42.5 Å². The van der Waals surface area contributed by atoms with Crippen LogP contribution in [-0.4, -0.2) is 15.5 Å². The highest BCUT2D eigenvalue weighted by Crippen LogP contribution is 2.25. The second kappa shape index (κ2) is 8.48. The number of anilines is 1. The van der Waals surface area contributed by atoms with Crippen LogP contribution < -0.4 is 21.1 Å². The van der Waals surface area contributed by atoms with E-state index in [1.54, 1.807) is 42.5 Å². The molecule has 0 bridgehead atoms. The van der Waals surface area contributed by atoms with Gasteiger partial charge in [0.15, 0.2) is 0 Å². The Morgan fingerprint density at radius 2 is 1.67 bits per heavy atom. The van der Waals surface area contributed by atoms with Gasteiger partial charge in [-0.3, -0.25) is 25.0 Å². The van der Waals surface area contributed by atoms with E-state index in [2.05, 4.69) is 15.8 Å². The van der Waals surface area contributed by atoms with Crippen LogP contribution >= 0.6 is 0 Å². The lowest BCUT2D eigenvalue weighted by molar-refractivity contribution is 0.0960. The molecule has 4 aromatic rings. The van der Waals surface area contributed by atoms with E-state index in [1.807, 2.05) is 43.3 Å². The van der Waals surface area contributed by atoms with Crippen molar-refractivity contribution in [3.63, 3.8) is 0 Å². The van der Waals surface area contributed by atoms with Crippen molar-refractivity contribution >= 4 is 22.8 Å². The lowest BCUT2D eigenvalue weighted by Gasteiger charge is -2.15. The fourth-order valence-corrected chi connectivity index (χ4v) is 3.10. The molecule has 0 unspecified atom stereocenters. The quantitative estimate of drug-likeness (QED) is 0.479. The summed E-state index contributed by atoms with van der Waals surface area (Å²) in [6, 6.07) is 23.2. The van der Waals surface area contributed by atoms with E-state index in [0.29, 0.717) is 34.5 Å². The summed E-state index contributed by atoms with van der Waals surface area (Å²) in [5, 5.41) is 0.526. The van der Waals surface area contributed by atoms with Crippen LogP contribution in [0.2, 0.25) is 0 Å². The number of hydrazine groups is 1. The third kappa shape index (κ3) is 3.86. The maximum atomic E-state index is 12.8. The smallest absolute Gasteiger partial charge is 0.273 e. The van der Waals surface area contributed by atoms with E-state index in [0.717, 1.165) is 0 Å². The molecule has 0 saturated carbocycles. The summed E-state index contributed by atoms with van der Waals surface area (Å²) in [6.07, 6.45) is 0. The monoisotopic (exact) mass is 400 g/mol. The van der Waals surface area contributed by atoms with Crippen LogP contribution in [-0.2, 0) is 6.54 Å². The van der Waals surface area contributed by atoms with E-state index >= 15 is 0 Å². The third-order valence-electron chi connectivity index (χ3n) is 4.57. The highest BCUT2D eigenvalue weighted by atomic mass is 16.5. The van der Waals surface area contributed by atoms with E-state index in [-0.39, 0.29) is 11.5 Å². The van der Waals surface area contributed by atoms with Gasteiger partial charge in [0.25, 0.3) is 11.5 Å². The predicted molar refractivity (Wildman–Crippen MR) is 116 cm³/mol. The fraction of sp³-hybridized carbons (Fsp3) is 0.0870. The van der Waals surface area contributed by atoms with Gasteiger partial charge in [0, 0.05) is 6.54 Å². The summed E-state index contributed by atoms with van der Waals surface area (Å²) in [6.45, 7) is 2.25. The fourth-order valence-electron chi connectivity index (χ4n) is 3.10. The van der Waals surface area contributed by atoms with Crippen LogP contribution in [0.5, 0.6) is 11.5 Å². The topological polar surface area (TPSA) is 85.2 Å². The first-order valence-corrected chi connectivity index (χ1v) is 9.55. The van der Waals surface area contributed by atoms with E-state index < -0.39 is 5.91 Å². The predicted octanol–water partition coefficient (Wildman–Crippen LogP) is 3.97. The number of hydrogen-bond acceptors (Lipinski definition) is 5. The molecule has 0 spiro atoms. The van der Waals surface area contributed by atoms with Crippen molar-refractivity contribution in [3.05, 3.63) is 94.8 Å². The van der Waals surface area contributed by atoms with Crippen LogP contribution in [0.25, 0.3) is 10.9 Å². The molecule has 30 heavy (non-hydrogen) atoms. The van der Waals surface area contributed by atoms with Gasteiger partial charge in [-0.15, -0.1) is 0 Å². The standard InChI is InChI=1S/C23H20N4O3/c1-2-27-22(29)17-12-6-8-14-19(17)24-23(27)26-25-21(28)18-13-7-9-15-20(18)30-16-10-4-3-5-11-16/h3-15H,2H2,1H3,(H,24,26)(H,25,28). The number of carbonyl (C=O) groups is 1. The average molecular weight is 400 g/mol. The molecule has 3 aromatic carbocycles. The average Bonchev–Trinajstić information content (AvgIpc) is 2.79. The minimum atomic E-state index is -0.411. The molecule has 7 heteroatoms. The molecule has 0 aliphatic carbocycles. The van der Waals surface area contributed by atoms with Gasteiger partial charge in [0.2, 0.25) is 5.95 Å². The molecule has 1 heterocycles. The molecule has 0 atom stereocenters. The highest BCUT2D eigenvalue weighted by molar-refractivity contribution is 5.97. The van der Waals surface area contributed by atoms with E-state index in [9.17, 15) is 9.59 Å². The summed E-state index contributed by atoms with van der Waals surface area (Å²) in [5.74, 6) is 0.895. The van der Waals surface area contributed by atoms with Crippen molar-refractivity contribution in [2.24, 2.45) is 0 Å². The van der Waals surface area contributed by atoms with E-state index in [4.69, 9.17) is 4.74 Å². The first-order valence-electron chi connectivity index (χ1n) is 9.55. The third-order valence-corrected chi connectivity index (χ3v) is 4.57. The Kier molecular flexibility index (Phi) is 5.43. The second-order valence-corrected chi connectivity index (χ2v) is 6.49. The highest BCUT2D eigenvalue weighted by Gasteiger charge is 2.15. The van der Waals surface area contributed by atoms with Crippen molar-refractivity contribution in [3.8, 4) is 11.5 Å². The van der Waals surface area contributed by atoms with Gasteiger partial charge in [-0.2, -0.15) is 0 Å². The summed E-state index contributed by atoms with van der Waals surface area (Å²) >= 11 is 0. The first-order chi connectivity index (χ1) is 14.7. The summed E-state index contributed by atoms with van der Waals surface area (Å²) in [5.41, 5.74) is 6.13. The Bertz CT molecular complexity index is 1250. The largest absolute Gasteiger partial charge is 0.457 e. The van der Waals surface area contributed by atoms with Gasteiger partial charge in [-0.25, -0.2) is 4.98 Å². The Morgan fingerprint density at radius 1 is 0.967 bits per heavy atom. The number of nitrogens with zero attached hydrogens (tertiary/aromatic N) is 2. The Labute approximate surface area is 172 Å². The Hall–Kier alpha value is -4.13. The molecule has 2 N–H and O–H groups in total. The molecule has 0 fully saturated rings. The number of fused-ring (bicyclic) bond motifs is 1.